The van der Waals surface area contributed by atoms with E-state index in [2.05, 4.69) is 104 Å². The third-order valence-electron chi connectivity index (χ3n) is 4.48. The first-order chi connectivity index (χ1) is 11.3. The Morgan fingerprint density at radius 2 is 0.542 bits per heavy atom. The Hall–Kier alpha value is -1.56. The van der Waals surface area contributed by atoms with Gasteiger partial charge in [0.25, 0.3) is 0 Å². The number of benzene rings is 2. The van der Waals surface area contributed by atoms with Gasteiger partial charge in [-0.3, -0.25) is 0 Å². The normalized spacial score (nSPS) is 11.2. The lowest BCUT2D eigenvalue weighted by Gasteiger charge is -2.14. The fourth-order valence-corrected chi connectivity index (χ4v) is 3.12. The van der Waals surface area contributed by atoms with E-state index >= 15 is 0 Å². The zero-order chi connectivity index (χ0) is 18.3. The van der Waals surface area contributed by atoms with Crippen molar-refractivity contribution < 1.29 is 0 Å². The summed E-state index contributed by atoms with van der Waals surface area (Å²) in [5.74, 6) is 2.57. The first-order valence-corrected chi connectivity index (χ1v) is 9.43. The SMILES string of the molecule is CC(C)c1ccccc1C(C)C.CC(C)c1ccccc1C(C)C. The van der Waals surface area contributed by atoms with Crippen LogP contribution in [0.25, 0.3) is 0 Å². The molecule has 0 unspecified atom stereocenters. The quantitative estimate of drug-likeness (QED) is 0.536. The van der Waals surface area contributed by atoms with Gasteiger partial charge in [0.05, 0.1) is 0 Å². The lowest BCUT2D eigenvalue weighted by Crippen LogP contribution is -1.97. The Bertz CT molecular complexity index is 493. The molecule has 0 heteroatoms. The smallest absolute Gasteiger partial charge is 0.0216 e. The van der Waals surface area contributed by atoms with Crippen LogP contribution in [0.5, 0.6) is 0 Å². The monoisotopic (exact) mass is 324 g/mol. The highest BCUT2D eigenvalue weighted by Crippen LogP contribution is 2.26. The highest BCUT2D eigenvalue weighted by molar-refractivity contribution is 5.32. The predicted molar refractivity (Wildman–Crippen MR) is 109 cm³/mol. The molecule has 0 aliphatic carbocycles. The van der Waals surface area contributed by atoms with E-state index < -0.39 is 0 Å². The molecule has 0 bridgehead atoms. The Morgan fingerprint density at radius 3 is 0.667 bits per heavy atom. The van der Waals surface area contributed by atoms with Gasteiger partial charge in [-0.1, -0.05) is 104 Å². The van der Waals surface area contributed by atoms with Crippen LogP contribution >= 0.6 is 0 Å². The van der Waals surface area contributed by atoms with Crippen molar-refractivity contribution in [1.29, 1.82) is 0 Å². The van der Waals surface area contributed by atoms with Crippen molar-refractivity contribution in [3.8, 4) is 0 Å². The average Bonchev–Trinajstić information content (AvgIpc) is 2.55. The molecule has 0 aliphatic heterocycles. The molecule has 0 saturated carbocycles. The molecule has 2 aromatic rings. The van der Waals surface area contributed by atoms with Gasteiger partial charge < -0.3 is 0 Å². The van der Waals surface area contributed by atoms with Crippen LogP contribution in [0.4, 0.5) is 0 Å². The van der Waals surface area contributed by atoms with Crippen molar-refractivity contribution >= 4 is 0 Å². The Labute approximate surface area is 150 Å². The van der Waals surface area contributed by atoms with E-state index in [4.69, 9.17) is 0 Å². The molecule has 0 nitrogen and oxygen atoms in total. The largest absolute Gasteiger partial charge is 0.0620 e. The molecule has 132 valence electrons. The average molecular weight is 325 g/mol. The maximum absolute atomic E-state index is 2.25. The summed E-state index contributed by atoms with van der Waals surface area (Å²) < 4.78 is 0. The predicted octanol–water partition coefficient (Wildman–Crippen LogP) is 7.87. The Morgan fingerprint density at radius 1 is 0.375 bits per heavy atom. The molecule has 0 spiro atoms. The van der Waals surface area contributed by atoms with Crippen molar-refractivity contribution in [2.75, 3.05) is 0 Å². The van der Waals surface area contributed by atoms with Crippen molar-refractivity contribution in [2.45, 2.75) is 79.1 Å². The summed E-state index contributed by atoms with van der Waals surface area (Å²) in [6.45, 7) is 18.0. The molecule has 0 radical (unpaired) electrons. The molecule has 2 aromatic carbocycles. The van der Waals surface area contributed by atoms with Crippen LogP contribution in [-0.4, -0.2) is 0 Å². The minimum atomic E-state index is 0.642. The van der Waals surface area contributed by atoms with E-state index in [-0.39, 0.29) is 0 Å². The lowest BCUT2D eigenvalue weighted by molar-refractivity contribution is 0.790. The van der Waals surface area contributed by atoms with E-state index in [1.165, 1.54) is 22.3 Å². The van der Waals surface area contributed by atoms with Gasteiger partial charge in [0.15, 0.2) is 0 Å². The van der Waals surface area contributed by atoms with Gasteiger partial charge in [0.1, 0.15) is 0 Å². The summed E-state index contributed by atoms with van der Waals surface area (Å²) in [5.41, 5.74) is 5.97. The van der Waals surface area contributed by atoms with Crippen molar-refractivity contribution in [2.24, 2.45) is 0 Å². The van der Waals surface area contributed by atoms with Crippen LogP contribution in [0, 0.1) is 0 Å². The molecule has 0 heterocycles. The minimum absolute atomic E-state index is 0.642. The number of hydrogen-bond acceptors (Lipinski definition) is 0. The van der Waals surface area contributed by atoms with Crippen LogP contribution in [0.15, 0.2) is 48.5 Å². The molecule has 0 amide bonds. The molecule has 0 aliphatic rings. The van der Waals surface area contributed by atoms with Gasteiger partial charge in [0.2, 0.25) is 0 Å². The van der Waals surface area contributed by atoms with E-state index in [0.717, 1.165) is 0 Å². The summed E-state index contributed by atoms with van der Waals surface area (Å²) >= 11 is 0. The second-order valence-corrected chi connectivity index (χ2v) is 7.88. The van der Waals surface area contributed by atoms with Gasteiger partial charge in [-0.15, -0.1) is 0 Å². The lowest BCUT2D eigenvalue weighted by atomic mass is 9.91. The molecule has 2 rings (SSSR count). The van der Waals surface area contributed by atoms with Crippen molar-refractivity contribution in [3.63, 3.8) is 0 Å². The van der Waals surface area contributed by atoms with Crippen LogP contribution in [-0.2, 0) is 0 Å². The van der Waals surface area contributed by atoms with E-state index in [1.807, 2.05) is 0 Å². The first kappa shape index (κ1) is 20.5. The highest BCUT2D eigenvalue weighted by Gasteiger charge is 2.08. The molecular formula is C24H36. The van der Waals surface area contributed by atoms with E-state index in [0.29, 0.717) is 23.7 Å². The van der Waals surface area contributed by atoms with Crippen LogP contribution in [0.2, 0.25) is 0 Å². The number of hydrogen-bond donors (Lipinski definition) is 0. The molecule has 0 fully saturated rings. The molecule has 0 atom stereocenters. The summed E-state index contributed by atoms with van der Waals surface area (Å²) in [7, 11) is 0. The van der Waals surface area contributed by atoms with Gasteiger partial charge in [-0.25, -0.2) is 0 Å². The number of rotatable bonds is 4. The standard InChI is InChI=1S/2C12H18/c2*1-9(2)11-7-5-6-8-12(11)10(3)4/h2*5-10H,1-4H3. The molecule has 0 saturated heterocycles. The highest BCUT2D eigenvalue weighted by atomic mass is 14.1. The van der Waals surface area contributed by atoms with Crippen LogP contribution < -0.4 is 0 Å². The minimum Gasteiger partial charge on any atom is -0.0620 e. The maximum Gasteiger partial charge on any atom is -0.0216 e. The molecule has 0 aromatic heterocycles. The van der Waals surface area contributed by atoms with Crippen molar-refractivity contribution in [3.05, 3.63) is 70.8 Å². The van der Waals surface area contributed by atoms with E-state index in [9.17, 15) is 0 Å². The van der Waals surface area contributed by atoms with Gasteiger partial charge in [-0.2, -0.15) is 0 Å². The molecular weight excluding hydrogens is 288 g/mol. The maximum atomic E-state index is 2.25. The van der Waals surface area contributed by atoms with Gasteiger partial charge in [0, 0.05) is 0 Å². The zero-order valence-electron chi connectivity index (χ0n) is 16.9. The zero-order valence-corrected chi connectivity index (χ0v) is 16.9. The summed E-state index contributed by atoms with van der Waals surface area (Å²) in [5, 5.41) is 0. The fraction of sp³-hybridized carbons (Fsp3) is 0.500. The summed E-state index contributed by atoms with van der Waals surface area (Å²) in [4.78, 5) is 0. The fourth-order valence-electron chi connectivity index (χ4n) is 3.12. The second-order valence-electron chi connectivity index (χ2n) is 7.88. The Balaban J connectivity index is 0.000000240. The van der Waals surface area contributed by atoms with Crippen LogP contribution in [0.1, 0.15) is 101 Å². The Kier molecular flexibility index (Phi) is 8.25. The third kappa shape index (κ3) is 5.82. The van der Waals surface area contributed by atoms with Gasteiger partial charge >= 0.3 is 0 Å². The molecule has 0 N–H and O–H groups in total. The third-order valence-corrected chi connectivity index (χ3v) is 4.48. The summed E-state index contributed by atoms with van der Waals surface area (Å²) in [6, 6.07) is 17.4. The summed E-state index contributed by atoms with van der Waals surface area (Å²) in [6.07, 6.45) is 0. The van der Waals surface area contributed by atoms with E-state index in [1.54, 1.807) is 0 Å². The first-order valence-electron chi connectivity index (χ1n) is 9.43. The van der Waals surface area contributed by atoms with Gasteiger partial charge in [-0.05, 0) is 45.9 Å². The van der Waals surface area contributed by atoms with Crippen LogP contribution in [0.3, 0.4) is 0 Å². The molecule has 24 heavy (non-hydrogen) atoms. The van der Waals surface area contributed by atoms with Crippen molar-refractivity contribution in [1.82, 2.24) is 0 Å². The second kappa shape index (κ2) is 9.67. The topological polar surface area (TPSA) is 0 Å².